The van der Waals surface area contributed by atoms with Gasteiger partial charge in [0.15, 0.2) is 17.0 Å². The Morgan fingerprint density at radius 2 is 2.38 bits per heavy atom. The first-order chi connectivity index (χ1) is 10.1. The summed E-state index contributed by atoms with van der Waals surface area (Å²) in [6, 6.07) is 0. The van der Waals surface area contributed by atoms with Crippen molar-refractivity contribution in [3.63, 3.8) is 0 Å². The number of anilines is 1. The van der Waals surface area contributed by atoms with E-state index in [1.165, 1.54) is 6.33 Å². The molecule has 0 aromatic carbocycles. The first-order valence-electron chi connectivity index (χ1n) is 6.53. The number of aliphatic hydroxyl groups is 1. The molecule has 0 amide bonds. The third kappa shape index (κ3) is 2.36. The van der Waals surface area contributed by atoms with Crippen molar-refractivity contribution in [2.75, 3.05) is 16.8 Å². The van der Waals surface area contributed by atoms with E-state index in [1.54, 1.807) is 10.9 Å². The van der Waals surface area contributed by atoms with Gasteiger partial charge in [-0.25, -0.2) is 19.3 Å². The van der Waals surface area contributed by atoms with E-state index in [0.29, 0.717) is 23.4 Å². The molecule has 1 aliphatic rings. The zero-order valence-electron chi connectivity index (χ0n) is 11.3. The molecule has 3 rings (SSSR count). The van der Waals surface area contributed by atoms with Gasteiger partial charge in [0.1, 0.15) is 24.8 Å². The maximum Gasteiger partial charge on any atom is 0.167 e. The van der Waals surface area contributed by atoms with Crippen molar-refractivity contribution in [3.05, 3.63) is 12.7 Å². The number of rotatable bonds is 4. The van der Waals surface area contributed by atoms with E-state index in [2.05, 4.69) is 18.5 Å². The summed E-state index contributed by atoms with van der Waals surface area (Å²) in [5.74, 6) is 0.653. The van der Waals surface area contributed by atoms with Gasteiger partial charge in [-0.05, 0) is 6.42 Å². The maximum atomic E-state index is 13.2. The van der Waals surface area contributed by atoms with Crippen molar-refractivity contribution in [1.82, 2.24) is 19.5 Å². The molecular formula is C12H15FIN5O2. The number of hydrogen-bond donors (Lipinski definition) is 2. The van der Waals surface area contributed by atoms with Gasteiger partial charge in [0.2, 0.25) is 0 Å². The number of alkyl halides is 1. The summed E-state index contributed by atoms with van der Waals surface area (Å²) in [6.45, 7) is 0.904. The van der Waals surface area contributed by atoms with Crippen LogP contribution < -0.4 is 3.53 Å². The Morgan fingerprint density at radius 1 is 1.57 bits per heavy atom. The largest absolute Gasteiger partial charge is 0.393 e. The minimum atomic E-state index is -1.13. The van der Waals surface area contributed by atoms with Gasteiger partial charge in [-0.15, -0.1) is 0 Å². The summed E-state index contributed by atoms with van der Waals surface area (Å²) >= 11 is 1.98. The Hall–Kier alpha value is -1.07. The average molecular weight is 407 g/mol. The van der Waals surface area contributed by atoms with E-state index in [-0.39, 0.29) is 12.5 Å². The van der Waals surface area contributed by atoms with Crippen LogP contribution >= 0.6 is 22.9 Å². The molecule has 2 N–H and O–H groups in total. The van der Waals surface area contributed by atoms with Crippen molar-refractivity contribution < 1.29 is 14.2 Å². The van der Waals surface area contributed by atoms with Crippen molar-refractivity contribution in [2.45, 2.75) is 25.2 Å². The van der Waals surface area contributed by atoms with Crippen molar-refractivity contribution >= 4 is 39.8 Å². The minimum Gasteiger partial charge on any atom is -0.393 e. The van der Waals surface area contributed by atoms with Crippen LogP contribution in [0.25, 0.3) is 11.2 Å². The molecule has 3 atom stereocenters. The molecule has 114 valence electrons. The SMILES string of the molecule is CC1C[C@](CO)(CF)OC1n1cnc2c(NI)ncnc21. The fourth-order valence-electron chi connectivity index (χ4n) is 2.78. The van der Waals surface area contributed by atoms with Crippen molar-refractivity contribution in [2.24, 2.45) is 5.92 Å². The summed E-state index contributed by atoms with van der Waals surface area (Å²) in [7, 11) is 0. The smallest absolute Gasteiger partial charge is 0.167 e. The maximum absolute atomic E-state index is 13.2. The molecule has 1 saturated heterocycles. The lowest BCUT2D eigenvalue weighted by Crippen LogP contribution is -2.35. The van der Waals surface area contributed by atoms with Crippen LogP contribution in [0.3, 0.4) is 0 Å². The fraction of sp³-hybridized carbons (Fsp3) is 0.583. The molecule has 0 spiro atoms. The van der Waals surface area contributed by atoms with Crippen LogP contribution in [-0.4, -0.2) is 43.5 Å². The highest BCUT2D eigenvalue weighted by atomic mass is 127. The fourth-order valence-corrected chi connectivity index (χ4v) is 3.17. The van der Waals surface area contributed by atoms with E-state index in [4.69, 9.17) is 4.74 Å². The Labute approximate surface area is 134 Å². The molecule has 0 aliphatic carbocycles. The monoisotopic (exact) mass is 407 g/mol. The summed E-state index contributed by atoms with van der Waals surface area (Å²) in [5, 5.41) is 9.42. The molecule has 0 bridgehead atoms. The molecular weight excluding hydrogens is 392 g/mol. The van der Waals surface area contributed by atoms with Crippen LogP contribution in [0.15, 0.2) is 12.7 Å². The first kappa shape index (κ1) is 14.9. The number of fused-ring (bicyclic) bond motifs is 1. The van der Waals surface area contributed by atoms with E-state index in [0.717, 1.165) is 0 Å². The van der Waals surface area contributed by atoms with Crippen LogP contribution in [-0.2, 0) is 4.74 Å². The number of imidazole rings is 1. The van der Waals surface area contributed by atoms with Gasteiger partial charge in [0.05, 0.1) is 35.8 Å². The van der Waals surface area contributed by atoms with Gasteiger partial charge in [0, 0.05) is 5.92 Å². The van der Waals surface area contributed by atoms with Crippen LogP contribution in [0.2, 0.25) is 0 Å². The van der Waals surface area contributed by atoms with E-state index in [1.807, 2.05) is 29.8 Å². The molecule has 2 aromatic heterocycles. The summed E-state index contributed by atoms with van der Waals surface area (Å²) in [4.78, 5) is 12.6. The number of nitrogens with zero attached hydrogens (tertiary/aromatic N) is 4. The number of aliphatic hydroxyl groups excluding tert-OH is 1. The van der Waals surface area contributed by atoms with Crippen molar-refractivity contribution in [3.8, 4) is 0 Å². The van der Waals surface area contributed by atoms with E-state index < -0.39 is 18.5 Å². The highest BCUT2D eigenvalue weighted by molar-refractivity contribution is 14.1. The number of nitrogens with one attached hydrogen (secondary N) is 1. The van der Waals surface area contributed by atoms with Crippen LogP contribution in [0, 0.1) is 5.92 Å². The predicted molar refractivity (Wildman–Crippen MR) is 82.7 cm³/mol. The molecule has 7 nitrogen and oxygen atoms in total. The lowest BCUT2D eigenvalue weighted by atomic mass is 9.96. The van der Waals surface area contributed by atoms with Gasteiger partial charge < -0.3 is 13.4 Å². The Kier molecular flexibility index (Phi) is 3.97. The van der Waals surface area contributed by atoms with Crippen LogP contribution in [0.4, 0.5) is 10.2 Å². The lowest BCUT2D eigenvalue weighted by Gasteiger charge is -2.24. The van der Waals surface area contributed by atoms with E-state index in [9.17, 15) is 9.50 Å². The first-order valence-corrected chi connectivity index (χ1v) is 7.61. The molecule has 1 fully saturated rings. The minimum absolute atomic E-state index is 0.0382. The molecule has 0 radical (unpaired) electrons. The Bertz CT molecular complexity index is 648. The third-order valence-corrected chi connectivity index (χ3v) is 4.32. The summed E-state index contributed by atoms with van der Waals surface area (Å²) in [6.07, 6.45) is 3.10. The number of halogens is 2. The zero-order chi connectivity index (χ0) is 15.0. The predicted octanol–water partition coefficient (Wildman–Crippen LogP) is 1.84. The zero-order valence-corrected chi connectivity index (χ0v) is 13.5. The highest BCUT2D eigenvalue weighted by Gasteiger charge is 2.45. The van der Waals surface area contributed by atoms with Gasteiger partial charge in [-0.1, -0.05) is 6.92 Å². The van der Waals surface area contributed by atoms with Crippen molar-refractivity contribution in [1.29, 1.82) is 0 Å². The second kappa shape index (κ2) is 5.61. The highest BCUT2D eigenvalue weighted by Crippen LogP contribution is 2.42. The van der Waals surface area contributed by atoms with Gasteiger partial charge >= 0.3 is 0 Å². The van der Waals surface area contributed by atoms with Crippen LogP contribution in [0.1, 0.15) is 19.6 Å². The standard InChI is InChI=1S/C12H15FIN5O2/c1-7-2-12(3-13,4-20)21-11(7)19-6-17-8-9(18-14)15-5-16-10(8)19/h5-7,11,20H,2-4H2,1H3,(H,15,16,18)/t7?,11?,12-/m1/s1. The second-order valence-corrected chi connectivity index (χ2v) is 5.84. The average Bonchev–Trinajstić information content (AvgIpc) is 3.08. The number of aromatic nitrogens is 4. The molecule has 2 aromatic rings. The topological polar surface area (TPSA) is 85.1 Å². The third-order valence-electron chi connectivity index (χ3n) is 3.81. The molecule has 0 saturated carbocycles. The van der Waals surface area contributed by atoms with Gasteiger partial charge in [-0.3, -0.25) is 4.57 Å². The van der Waals surface area contributed by atoms with Gasteiger partial charge in [0.25, 0.3) is 0 Å². The number of hydrogen-bond acceptors (Lipinski definition) is 6. The Morgan fingerprint density at radius 3 is 3.00 bits per heavy atom. The summed E-state index contributed by atoms with van der Waals surface area (Å²) < 4.78 is 23.7. The van der Waals surface area contributed by atoms with Gasteiger partial charge in [-0.2, -0.15) is 0 Å². The lowest BCUT2D eigenvalue weighted by molar-refractivity contribution is -0.110. The second-order valence-electron chi connectivity index (χ2n) is 5.31. The Balaban J connectivity index is 2.02. The molecule has 2 unspecified atom stereocenters. The molecule has 3 heterocycles. The number of ether oxygens (including phenoxy) is 1. The molecule has 21 heavy (non-hydrogen) atoms. The molecule has 9 heteroatoms. The quantitative estimate of drug-likeness (QED) is 0.595. The van der Waals surface area contributed by atoms with Crippen LogP contribution in [0.5, 0.6) is 0 Å². The normalized spacial score (nSPS) is 29.1. The molecule has 1 aliphatic heterocycles. The van der Waals surface area contributed by atoms with E-state index >= 15 is 0 Å². The summed E-state index contributed by atoms with van der Waals surface area (Å²) in [5.41, 5.74) is 0.121.